The monoisotopic (exact) mass is 432 g/mol. The Labute approximate surface area is 179 Å². The first-order valence-corrected chi connectivity index (χ1v) is 9.55. The Bertz CT molecular complexity index is 964. The second-order valence-electron chi connectivity index (χ2n) is 6.80. The number of nitrogens with zero attached hydrogens (tertiary/aromatic N) is 1. The average Bonchev–Trinajstić information content (AvgIpc) is 2.72. The summed E-state index contributed by atoms with van der Waals surface area (Å²) in [6.07, 6.45) is 0.772. The van der Waals surface area contributed by atoms with Crippen molar-refractivity contribution in [2.45, 2.75) is 39.5 Å². The van der Waals surface area contributed by atoms with Gasteiger partial charge in [0.05, 0.1) is 29.1 Å². The molecule has 1 atom stereocenters. The fraction of sp³-hybridized carbons (Fsp3) is 0.381. The first-order valence-electron chi connectivity index (χ1n) is 9.55. The molecule has 10 nitrogen and oxygen atoms in total. The third-order valence-electron chi connectivity index (χ3n) is 4.66. The van der Waals surface area contributed by atoms with Crippen molar-refractivity contribution in [3.8, 4) is 0 Å². The fourth-order valence-corrected chi connectivity index (χ4v) is 3.30. The molecule has 0 spiro atoms. The van der Waals surface area contributed by atoms with E-state index in [4.69, 9.17) is 14.2 Å². The summed E-state index contributed by atoms with van der Waals surface area (Å²) in [6.45, 7) is 4.46. The van der Waals surface area contributed by atoms with Gasteiger partial charge >= 0.3 is 17.9 Å². The van der Waals surface area contributed by atoms with Gasteiger partial charge in [-0.2, -0.15) is 0 Å². The number of ether oxygens (including phenoxy) is 3. The second kappa shape index (κ2) is 10.4. The first-order chi connectivity index (χ1) is 14.7. The molecule has 1 heterocycles. The highest BCUT2D eigenvalue weighted by atomic mass is 16.7. The van der Waals surface area contributed by atoms with Crippen LogP contribution >= 0.6 is 0 Å². The number of hydrogen-bond donors (Lipinski definition) is 1. The Hall–Kier alpha value is -3.69. The van der Waals surface area contributed by atoms with Crippen LogP contribution in [0.3, 0.4) is 0 Å². The summed E-state index contributed by atoms with van der Waals surface area (Å²) in [4.78, 5) is 47.6. The van der Waals surface area contributed by atoms with Crippen LogP contribution in [0, 0.1) is 10.1 Å². The normalized spacial score (nSPS) is 15.8. The van der Waals surface area contributed by atoms with Crippen molar-refractivity contribution in [2.24, 2.45) is 0 Å². The van der Waals surface area contributed by atoms with Crippen LogP contribution in [0.15, 0.2) is 46.8 Å². The number of nitro benzene ring substituents is 1. The molecule has 0 fully saturated rings. The van der Waals surface area contributed by atoms with Crippen LogP contribution in [0.2, 0.25) is 0 Å². The molecular weight excluding hydrogens is 408 g/mol. The highest BCUT2D eigenvalue weighted by Gasteiger charge is 2.38. The molecule has 0 bridgehead atoms. The number of esters is 3. The number of rotatable bonds is 8. The molecule has 1 unspecified atom stereocenters. The van der Waals surface area contributed by atoms with Gasteiger partial charge < -0.3 is 19.5 Å². The van der Waals surface area contributed by atoms with Crippen LogP contribution in [-0.4, -0.2) is 36.7 Å². The van der Waals surface area contributed by atoms with Crippen LogP contribution < -0.4 is 5.32 Å². The van der Waals surface area contributed by atoms with E-state index >= 15 is 0 Å². The van der Waals surface area contributed by atoms with Gasteiger partial charge in [-0.3, -0.25) is 14.9 Å². The maximum atomic E-state index is 12.9. The Morgan fingerprint density at radius 2 is 1.74 bits per heavy atom. The van der Waals surface area contributed by atoms with Crippen molar-refractivity contribution >= 4 is 23.6 Å². The molecule has 0 aromatic heterocycles. The van der Waals surface area contributed by atoms with Crippen LogP contribution in [0.5, 0.6) is 0 Å². The SMILES string of the molecule is CCCC(=O)OCOC(=O)C1=C(C)NC(C)=C(C(=O)OC)C1c1cccc([N+](=O)[O-])c1. The molecular formula is C21H24N2O8. The van der Waals surface area contributed by atoms with Gasteiger partial charge in [-0.05, 0) is 25.8 Å². The summed E-state index contributed by atoms with van der Waals surface area (Å²) in [7, 11) is 1.20. The van der Waals surface area contributed by atoms with Gasteiger partial charge in [-0.25, -0.2) is 9.59 Å². The molecule has 1 N–H and O–H groups in total. The number of methoxy groups -OCH3 is 1. The maximum Gasteiger partial charge on any atom is 0.339 e. The number of benzene rings is 1. The fourth-order valence-electron chi connectivity index (χ4n) is 3.30. The predicted octanol–water partition coefficient (Wildman–Crippen LogP) is 2.85. The average molecular weight is 432 g/mol. The molecule has 0 saturated carbocycles. The zero-order chi connectivity index (χ0) is 23.1. The van der Waals surface area contributed by atoms with E-state index in [2.05, 4.69) is 5.32 Å². The van der Waals surface area contributed by atoms with Crippen molar-refractivity contribution in [2.75, 3.05) is 13.9 Å². The quantitative estimate of drug-likeness (QED) is 0.285. The van der Waals surface area contributed by atoms with Crippen LogP contribution in [0.4, 0.5) is 5.69 Å². The molecule has 1 aliphatic heterocycles. The number of non-ortho nitro benzene ring substituents is 1. The van der Waals surface area contributed by atoms with E-state index < -0.39 is 35.5 Å². The molecule has 31 heavy (non-hydrogen) atoms. The van der Waals surface area contributed by atoms with E-state index in [9.17, 15) is 24.5 Å². The van der Waals surface area contributed by atoms with E-state index in [-0.39, 0.29) is 23.3 Å². The zero-order valence-electron chi connectivity index (χ0n) is 17.7. The van der Waals surface area contributed by atoms with E-state index in [1.54, 1.807) is 19.9 Å². The lowest BCUT2D eigenvalue weighted by Gasteiger charge is -2.30. The lowest BCUT2D eigenvalue weighted by atomic mass is 9.80. The third-order valence-corrected chi connectivity index (χ3v) is 4.66. The minimum absolute atomic E-state index is 0.0537. The van der Waals surface area contributed by atoms with Crippen LogP contribution in [0.25, 0.3) is 0 Å². The highest BCUT2D eigenvalue weighted by Crippen LogP contribution is 2.40. The standard InChI is InChI=1S/C21H24N2O8/c1-5-7-16(24)30-11-31-21(26)18-13(3)22-12(2)17(20(25)29-4)19(18)14-8-6-9-15(10-14)23(27)28/h6,8-10,19,22H,5,7,11H2,1-4H3. The van der Waals surface area contributed by atoms with Crippen molar-refractivity contribution < 1.29 is 33.5 Å². The van der Waals surface area contributed by atoms with Gasteiger partial charge in [0.15, 0.2) is 0 Å². The highest BCUT2D eigenvalue weighted by molar-refractivity contribution is 5.99. The van der Waals surface area contributed by atoms with Crippen molar-refractivity contribution in [1.82, 2.24) is 5.32 Å². The van der Waals surface area contributed by atoms with Crippen LogP contribution in [0.1, 0.15) is 45.1 Å². The summed E-state index contributed by atoms with van der Waals surface area (Å²) in [5, 5.41) is 14.2. The van der Waals surface area contributed by atoms with E-state index in [0.29, 0.717) is 23.4 Å². The number of carbonyl (C=O) groups is 3. The summed E-state index contributed by atoms with van der Waals surface area (Å²) in [5.74, 6) is -3.02. The largest absolute Gasteiger partial charge is 0.466 e. The summed E-state index contributed by atoms with van der Waals surface area (Å²) in [6, 6.07) is 5.63. The molecule has 2 rings (SSSR count). The lowest BCUT2D eigenvalue weighted by molar-refractivity contribution is -0.384. The first kappa shape index (κ1) is 23.6. The summed E-state index contributed by atoms with van der Waals surface area (Å²) < 4.78 is 14.9. The molecule has 10 heteroatoms. The Balaban J connectivity index is 2.46. The second-order valence-corrected chi connectivity index (χ2v) is 6.80. The maximum absolute atomic E-state index is 12.9. The van der Waals surface area contributed by atoms with E-state index in [1.165, 1.54) is 25.3 Å². The van der Waals surface area contributed by atoms with Gasteiger partial charge in [0.25, 0.3) is 5.69 Å². The van der Waals surface area contributed by atoms with Gasteiger partial charge in [0.2, 0.25) is 6.79 Å². The predicted molar refractivity (Wildman–Crippen MR) is 108 cm³/mol. The molecule has 0 saturated heterocycles. The van der Waals surface area contributed by atoms with Gasteiger partial charge in [0, 0.05) is 29.9 Å². The lowest BCUT2D eigenvalue weighted by Crippen LogP contribution is -2.32. The topological polar surface area (TPSA) is 134 Å². The van der Waals surface area contributed by atoms with Crippen LogP contribution in [-0.2, 0) is 28.6 Å². The minimum Gasteiger partial charge on any atom is -0.466 e. The number of dihydropyridines is 1. The zero-order valence-corrected chi connectivity index (χ0v) is 17.7. The number of nitro groups is 1. The number of allylic oxidation sites excluding steroid dienone is 2. The Morgan fingerprint density at radius 1 is 1.10 bits per heavy atom. The minimum atomic E-state index is -0.979. The Kier molecular flexibility index (Phi) is 7.89. The summed E-state index contributed by atoms with van der Waals surface area (Å²) in [5.41, 5.74) is 1.14. The third kappa shape index (κ3) is 5.47. The smallest absolute Gasteiger partial charge is 0.339 e. The number of carbonyl (C=O) groups excluding carboxylic acids is 3. The molecule has 166 valence electrons. The molecule has 1 aliphatic rings. The molecule has 0 aliphatic carbocycles. The van der Waals surface area contributed by atoms with E-state index in [0.717, 1.165) is 0 Å². The van der Waals surface area contributed by atoms with Crippen molar-refractivity contribution in [3.63, 3.8) is 0 Å². The Morgan fingerprint density at radius 3 is 2.32 bits per heavy atom. The number of hydrogen-bond acceptors (Lipinski definition) is 9. The molecule has 1 aromatic rings. The van der Waals surface area contributed by atoms with Gasteiger partial charge in [-0.1, -0.05) is 19.1 Å². The number of nitrogens with one attached hydrogen (secondary N) is 1. The van der Waals surface area contributed by atoms with Crippen molar-refractivity contribution in [3.05, 3.63) is 62.5 Å². The van der Waals surface area contributed by atoms with E-state index in [1.807, 2.05) is 6.92 Å². The van der Waals surface area contributed by atoms with Crippen molar-refractivity contribution in [1.29, 1.82) is 0 Å². The van der Waals surface area contributed by atoms with Gasteiger partial charge in [-0.15, -0.1) is 0 Å². The molecule has 0 radical (unpaired) electrons. The summed E-state index contributed by atoms with van der Waals surface area (Å²) >= 11 is 0. The molecule has 0 amide bonds. The van der Waals surface area contributed by atoms with Gasteiger partial charge in [0.1, 0.15) is 0 Å². The molecule has 1 aromatic carbocycles.